The molecule has 0 spiro atoms. The van der Waals surface area contributed by atoms with Crippen molar-refractivity contribution in [1.82, 2.24) is 5.32 Å². The van der Waals surface area contributed by atoms with Gasteiger partial charge >= 0.3 is 0 Å². The molecule has 0 aliphatic heterocycles. The first kappa shape index (κ1) is 19.3. The van der Waals surface area contributed by atoms with Gasteiger partial charge in [0.25, 0.3) is 5.91 Å². The molecule has 0 unspecified atom stereocenters. The molecule has 2 amide bonds. The van der Waals surface area contributed by atoms with Crippen LogP contribution in [0.2, 0.25) is 0 Å². The lowest BCUT2D eigenvalue weighted by atomic mass is 10.0. The minimum absolute atomic E-state index is 0.142. The van der Waals surface area contributed by atoms with Gasteiger partial charge in [0.05, 0.1) is 11.4 Å². The predicted octanol–water partition coefficient (Wildman–Crippen LogP) is 1.29. The maximum absolute atomic E-state index is 12.8. The summed E-state index contributed by atoms with van der Waals surface area (Å²) in [5, 5.41) is 13.1. The van der Waals surface area contributed by atoms with E-state index in [1.165, 1.54) is 6.92 Å². The van der Waals surface area contributed by atoms with E-state index >= 15 is 0 Å². The average Bonchev–Trinajstić information content (AvgIpc) is 2.70. The Bertz CT molecular complexity index is 1080. The van der Waals surface area contributed by atoms with Crippen molar-refractivity contribution in [3.8, 4) is 0 Å². The van der Waals surface area contributed by atoms with Gasteiger partial charge in [-0.3, -0.25) is 14.4 Å². The third-order valence-corrected chi connectivity index (χ3v) is 4.52. The van der Waals surface area contributed by atoms with Crippen molar-refractivity contribution in [1.29, 1.82) is 0 Å². The molecular formula is C21H20N2O5. The fourth-order valence-corrected chi connectivity index (χ4v) is 2.99. The molecule has 0 bridgehead atoms. The summed E-state index contributed by atoms with van der Waals surface area (Å²) in [6, 6.07) is 14.7. The minimum atomic E-state index is -1.60. The monoisotopic (exact) mass is 380 g/mol. The number of carbonyl (C=O) groups is 2. The highest BCUT2D eigenvalue weighted by molar-refractivity contribution is 5.95. The van der Waals surface area contributed by atoms with Gasteiger partial charge < -0.3 is 20.6 Å². The highest BCUT2D eigenvalue weighted by Crippen LogP contribution is 2.16. The lowest BCUT2D eigenvalue weighted by Crippen LogP contribution is -2.50. The number of amides is 2. The summed E-state index contributed by atoms with van der Waals surface area (Å²) in [6.07, 6.45) is -1.43. The van der Waals surface area contributed by atoms with E-state index in [0.29, 0.717) is 5.39 Å². The van der Waals surface area contributed by atoms with Gasteiger partial charge in [-0.15, -0.1) is 0 Å². The number of rotatable bonds is 6. The van der Waals surface area contributed by atoms with Crippen molar-refractivity contribution in [2.24, 2.45) is 5.73 Å². The molecule has 0 radical (unpaired) electrons. The van der Waals surface area contributed by atoms with Crippen molar-refractivity contribution in [2.75, 3.05) is 0 Å². The number of benzene rings is 2. The standard InChI is InChI=1S/C21H20N2O5/c1-12-17(24)14-9-5-6-10-16(14)28-19(12)21(27)23-15(18(25)20(22)26)11-13-7-3-2-4-8-13/h2-10,15,18,25H,11H2,1H3,(H2,22,26)(H,23,27)/t15-,18+/m0/s1. The van der Waals surface area contributed by atoms with E-state index in [4.69, 9.17) is 10.2 Å². The molecule has 3 rings (SSSR count). The van der Waals surface area contributed by atoms with Crippen LogP contribution in [0.15, 0.2) is 63.8 Å². The fourth-order valence-electron chi connectivity index (χ4n) is 2.99. The van der Waals surface area contributed by atoms with Crippen LogP contribution in [0.5, 0.6) is 0 Å². The number of carbonyl (C=O) groups excluding carboxylic acids is 2. The number of fused-ring (bicyclic) bond motifs is 1. The number of primary amides is 1. The molecule has 144 valence electrons. The molecule has 7 heteroatoms. The van der Waals surface area contributed by atoms with Gasteiger partial charge in [-0.2, -0.15) is 0 Å². The summed E-state index contributed by atoms with van der Waals surface area (Å²) in [7, 11) is 0. The van der Waals surface area contributed by atoms with Crippen molar-refractivity contribution in [3.05, 3.63) is 81.7 Å². The molecule has 28 heavy (non-hydrogen) atoms. The third-order valence-electron chi connectivity index (χ3n) is 4.52. The zero-order chi connectivity index (χ0) is 20.3. The molecule has 3 aromatic rings. The number of nitrogens with two attached hydrogens (primary N) is 1. The lowest BCUT2D eigenvalue weighted by Gasteiger charge is -2.22. The maximum Gasteiger partial charge on any atom is 0.287 e. The van der Waals surface area contributed by atoms with Crippen LogP contribution in [0.3, 0.4) is 0 Å². The first-order chi connectivity index (χ1) is 13.4. The van der Waals surface area contributed by atoms with Gasteiger partial charge in [-0.25, -0.2) is 0 Å². The zero-order valence-corrected chi connectivity index (χ0v) is 15.2. The van der Waals surface area contributed by atoms with E-state index in [-0.39, 0.29) is 28.8 Å². The van der Waals surface area contributed by atoms with Gasteiger partial charge in [0.15, 0.2) is 17.3 Å². The number of para-hydroxylation sites is 1. The van der Waals surface area contributed by atoms with Gasteiger partial charge in [0.1, 0.15) is 5.58 Å². The highest BCUT2D eigenvalue weighted by Gasteiger charge is 2.28. The van der Waals surface area contributed by atoms with Crippen LogP contribution in [0.1, 0.15) is 21.7 Å². The Balaban J connectivity index is 1.93. The quantitative estimate of drug-likeness (QED) is 0.595. The van der Waals surface area contributed by atoms with Gasteiger partial charge in [0, 0.05) is 5.56 Å². The second kappa shape index (κ2) is 8.06. The normalized spacial score (nSPS) is 13.1. The number of hydrogen-bond donors (Lipinski definition) is 3. The third kappa shape index (κ3) is 3.94. The largest absolute Gasteiger partial charge is 0.450 e. The first-order valence-electron chi connectivity index (χ1n) is 8.73. The van der Waals surface area contributed by atoms with Crippen LogP contribution in [0.4, 0.5) is 0 Å². The van der Waals surface area contributed by atoms with E-state index < -0.39 is 24.0 Å². The molecule has 7 nitrogen and oxygen atoms in total. The van der Waals surface area contributed by atoms with E-state index in [0.717, 1.165) is 5.56 Å². The van der Waals surface area contributed by atoms with Crippen LogP contribution >= 0.6 is 0 Å². The van der Waals surface area contributed by atoms with Gasteiger partial charge in [-0.05, 0) is 31.0 Å². The van der Waals surface area contributed by atoms with Crippen LogP contribution in [-0.4, -0.2) is 29.1 Å². The van der Waals surface area contributed by atoms with Gasteiger partial charge in [-0.1, -0.05) is 42.5 Å². The average molecular weight is 380 g/mol. The molecule has 2 aromatic carbocycles. The summed E-state index contributed by atoms with van der Waals surface area (Å²) >= 11 is 0. The van der Waals surface area contributed by atoms with Crippen molar-refractivity contribution in [2.45, 2.75) is 25.5 Å². The van der Waals surface area contributed by atoms with Crippen LogP contribution in [0.25, 0.3) is 11.0 Å². The number of aliphatic hydroxyl groups is 1. The van der Waals surface area contributed by atoms with E-state index in [1.807, 2.05) is 6.07 Å². The Morgan fingerprint density at radius 3 is 2.43 bits per heavy atom. The Hall–Kier alpha value is -3.45. The van der Waals surface area contributed by atoms with Crippen molar-refractivity contribution in [3.63, 3.8) is 0 Å². The summed E-state index contributed by atoms with van der Waals surface area (Å²) < 4.78 is 5.62. The highest BCUT2D eigenvalue weighted by atomic mass is 16.3. The number of hydrogen-bond acceptors (Lipinski definition) is 5. The Morgan fingerprint density at radius 2 is 1.75 bits per heavy atom. The Kier molecular flexibility index (Phi) is 5.56. The fraction of sp³-hybridized carbons (Fsp3) is 0.190. The van der Waals surface area contributed by atoms with Gasteiger partial charge in [0.2, 0.25) is 5.91 Å². The van der Waals surface area contributed by atoms with Crippen molar-refractivity contribution < 1.29 is 19.1 Å². The summed E-state index contributed by atoms with van der Waals surface area (Å²) in [5.41, 5.74) is 6.12. The van der Waals surface area contributed by atoms with E-state index in [1.54, 1.807) is 48.5 Å². The molecule has 4 N–H and O–H groups in total. The summed E-state index contributed by atoms with van der Waals surface area (Å²) in [6.45, 7) is 1.49. The number of nitrogens with one attached hydrogen (secondary N) is 1. The van der Waals surface area contributed by atoms with Crippen LogP contribution in [0, 0.1) is 6.92 Å². The number of aliphatic hydroxyl groups excluding tert-OH is 1. The van der Waals surface area contributed by atoms with E-state index in [9.17, 15) is 19.5 Å². The lowest BCUT2D eigenvalue weighted by molar-refractivity contribution is -0.127. The summed E-state index contributed by atoms with van der Waals surface area (Å²) in [4.78, 5) is 36.8. The molecule has 1 heterocycles. The molecule has 0 saturated carbocycles. The Morgan fingerprint density at radius 1 is 1.11 bits per heavy atom. The molecule has 2 atom stereocenters. The second-order valence-corrected chi connectivity index (χ2v) is 6.50. The molecule has 0 aliphatic carbocycles. The van der Waals surface area contributed by atoms with E-state index in [2.05, 4.69) is 5.32 Å². The SMILES string of the molecule is Cc1c(C(=O)N[C@@H](Cc2ccccc2)[C@@H](O)C(N)=O)oc2ccccc2c1=O. The van der Waals surface area contributed by atoms with Crippen molar-refractivity contribution >= 4 is 22.8 Å². The molecule has 0 aliphatic rings. The second-order valence-electron chi connectivity index (χ2n) is 6.50. The Labute approximate surface area is 160 Å². The molecule has 0 saturated heterocycles. The summed E-state index contributed by atoms with van der Waals surface area (Å²) in [5.74, 6) is -1.84. The van der Waals surface area contributed by atoms with Crippen LogP contribution < -0.4 is 16.5 Å². The molecule has 0 fully saturated rings. The topological polar surface area (TPSA) is 123 Å². The molecule has 1 aromatic heterocycles. The zero-order valence-electron chi connectivity index (χ0n) is 15.2. The predicted molar refractivity (Wildman–Crippen MR) is 104 cm³/mol. The smallest absolute Gasteiger partial charge is 0.287 e. The first-order valence-corrected chi connectivity index (χ1v) is 8.73. The minimum Gasteiger partial charge on any atom is -0.450 e. The maximum atomic E-state index is 12.8. The van der Waals surface area contributed by atoms with Crippen LogP contribution in [-0.2, 0) is 11.2 Å². The molecular weight excluding hydrogens is 360 g/mol.